The molecule has 31 heavy (non-hydrogen) atoms. The van der Waals surface area contributed by atoms with Gasteiger partial charge in [-0.3, -0.25) is 4.31 Å². The molecule has 1 unspecified atom stereocenters. The van der Waals surface area contributed by atoms with Gasteiger partial charge in [0, 0.05) is 23.3 Å². The van der Waals surface area contributed by atoms with Crippen LogP contribution in [0, 0.1) is 5.82 Å². The zero-order chi connectivity index (χ0) is 21.6. The third kappa shape index (κ3) is 3.88. The Bertz CT molecular complexity index is 1200. The van der Waals surface area contributed by atoms with Gasteiger partial charge in [-0.2, -0.15) is 0 Å². The number of likely N-dealkylation sites (tertiary alicyclic amines) is 1. The molecule has 4 nitrogen and oxygen atoms in total. The van der Waals surface area contributed by atoms with E-state index in [1.807, 2.05) is 36.4 Å². The molecule has 0 amide bonds. The van der Waals surface area contributed by atoms with E-state index in [0.717, 1.165) is 48.9 Å². The van der Waals surface area contributed by atoms with E-state index in [0.29, 0.717) is 17.4 Å². The Morgan fingerprint density at radius 1 is 0.968 bits per heavy atom. The Morgan fingerprint density at radius 2 is 1.65 bits per heavy atom. The van der Waals surface area contributed by atoms with Crippen LogP contribution in [-0.2, 0) is 10.0 Å². The third-order valence-corrected chi connectivity index (χ3v) is 8.83. The molecule has 3 aromatic carbocycles. The molecular weight excluding hydrogens is 479 g/mol. The molecule has 1 atom stereocenters. The third-order valence-electron chi connectivity index (χ3n) is 6.43. The smallest absolute Gasteiger partial charge is 0.265 e. The number of rotatable bonds is 5. The van der Waals surface area contributed by atoms with Gasteiger partial charge in [0.1, 0.15) is 5.82 Å². The molecule has 0 N–H and O–H groups in total. The number of benzene rings is 3. The largest absolute Gasteiger partial charge is 0.302 e. The highest BCUT2D eigenvalue weighted by atomic mass is 79.9. The first-order valence-corrected chi connectivity index (χ1v) is 13.0. The van der Waals surface area contributed by atoms with Crippen molar-refractivity contribution in [2.45, 2.75) is 28.5 Å². The number of piperidine rings is 1. The minimum atomic E-state index is -3.53. The number of sulfonamides is 1. The zero-order valence-electron chi connectivity index (χ0n) is 17.0. The molecule has 0 bridgehead atoms. The molecule has 2 aliphatic rings. The first kappa shape index (κ1) is 20.9. The van der Waals surface area contributed by atoms with Crippen molar-refractivity contribution in [3.8, 4) is 0 Å². The highest BCUT2D eigenvalue weighted by Gasteiger charge is 2.36. The quantitative estimate of drug-likeness (QED) is 0.454. The Balaban J connectivity index is 1.24. The summed E-state index contributed by atoms with van der Waals surface area (Å²) in [4.78, 5) is 2.81. The van der Waals surface area contributed by atoms with Gasteiger partial charge in [-0.1, -0.05) is 52.3 Å². The van der Waals surface area contributed by atoms with E-state index in [9.17, 15) is 12.8 Å². The normalized spacial score (nSPS) is 19.7. The molecule has 0 aromatic heterocycles. The van der Waals surface area contributed by atoms with Gasteiger partial charge in [0.25, 0.3) is 10.0 Å². The fraction of sp³-hybridized carbons (Fsp3) is 0.333. The van der Waals surface area contributed by atoms with Crippen LogP contribution in [0.1, 0.15) is 24.3 Å². The number of hydrogen-bond acceptors (Lipinski definition) is 3. The fourth-order valence-electron chi connectivity index (χ4n) is 4.86. The van der Waals surface area contributed by atoms with E-state index in [-0.39, 0.29) is 10.6 Å². The standard InChI is InChI=1S/C24H24BrFN2O2S/c25-20(15-27-13-11-18(12-14-27)17-7-9-21(26)10-8-17)16-28-22-5-1-3-19-4-2-6-23(24(19)22)31(28,29)30/h1-10,18,20H,11-16H2. The van der Waals surface area contributed by atoms with Crippen molar-refractivity contribution in [3.63, 3.8) is 0 Å². The number of halogens is 2. The van der Waals surface area contributed by atoms with E-state index < -0.39 is 10.0 Å². The van der Waals surface area contributed by atoms with Crippen LogP contribution in [0.5, 0.6) is 0 Å². The molecule has 162 valence electrons. The van der Waals surface area contributed by atoms with Crippen LogP contribution in [0.4, 0.5) is 10.1 Å². The van der Waals surface area contributed by atoms with E-state index >= 15 is 0 Å². The molecule has 0 spiro atoms. The van der Waals surface area contributed by atoms with Crippen molar-refractivity contribution in [3.05, 3.63) is 72.0 Å². The van der Waals surface area contributed by atoms with Crippen LogP contribution in [0.15, 0.2) is 65.6 Å². The molecular formula is C24H24BrFN2O2S. The Labute approximate surface area is 190 Å². The van der Waals surface area contributed by atoms with Crippen LogP contribution in [0.3, 0.4) is 0 Å². The van der Waals surface area contributed by atoms with Crippen LogP contribution in [-0.4, -0.2) is 44.3 Å². The van der Waals surface area contributed by atoms with Gasteiger partial charge < -0.3 is 4.90 Å². The van der Waals surface area contributed by atoms with Gasteiger partial charge in [-0.05, 0) is 67.1 Å². The van der Waals surface area contributed by atoms with Gasteiger partial charge in [-0.25, -0.2) is 12.8 Å². The van der Waals surface area contributed by atoms with Crippen molar-refractivity contribution in [1.82, 2.24) is 4.90 Å². The molecule has 5 rings (SSSR count). The van der Waals surface area contributed by atoms with Gasteiger partial charge in [0.05, 0.1) is 10.6 Å². The van der Waals surface area contributed by atoms with Gasteiger partial charge in [-0.15, -0.1) is 0 Å². The highest BCUT2D eigenvalue weighted by Crippen LogP contribution is 2.42. The molecule has 2 aliphatic heterocycles. The summed E-state index contributed by atoms with van der Waals surface area (Å²) in [7, 11) is -3.53. The average Bonchev–Trinajstić information content (AvgIpc) is 2.98. The van der Waals surface area contributed by atoms with Crippen molar-refractivity contribution < 1.29 is 12.8 Å². The summed E-state index contributed by atoms with van der Waals surface area (Å²) in [5, 5.41) is 1.78. The van der Waals surface area contributed by atoms with Crippen molar-refractivity contribution >= 4 is 42.4 Å². The second-order valence-electron chi connectivity index (χ2n) is 8.39. The lowest BCUT2D eigenvalue weighted by Gasteiger charge is -2.34. The molecule has 0 saturated carbocycles. The van der Waals surface area contributed by atoms with Crippen molar-refractivity contribution in [2.24, 2.45) is 0 Å². The maximum Gasteiger partial charge on any atom is 0.265 e. The summed E-state index contributed by atoms with van der Waals surface area (Å²) in [5.74, 6) is 0.259. The molecule has 7 heteroatoms. The first-order valence-electron chi connectivity index (χ1n) is 10.6. The van der Waals surface area contributed by atoms with Crippen molar-refractivity contribution in [1.29, 1.82) is 0 Å². The Morgan fingerprint density at radius 3 is 2.35 bits per heavy atom. The number of hydrogen-bond donors (Lipinski definition) is 0. The highest BCUT2D eigenvalue weighted by molar-refractivity contribution is 9.09. The molecule has 3 aromatic rings. The van der Waals surface area contributed by atoms with E-state index in [4.69, 9.17) is 0 Å². The minimum absolute atomic E-state index is 0.0224. The molecule has 0 radical (unpaired) electrons. The van der Waals surface area contributed by atoms with Crippen LogP contribution in [0.2, 0.25) is 0 Å². The lowest BCUT2D eigenvalue weighted by molar-refractivity contribution is 0.214. The number of alkyl halides is 1. The zero-order valence-corrected chi connectivity index (χ0v) is 19.4. The average molecular weight is 503 g/mol. The molecule has 2 heterocycles. The summed E-state index contributed by atoms with van der Waals surface area (Å²) < 4.78 is 41.1. The first-order chi connectivity index (χ1) is 14.9. The van der Waals surface area contributed by atoms with Crippen LogP contribution >= 0.6 is 15.9 Å². The van der Waals surface area contributed by atoms with Crippen molar-refractivity contribution in [2.75, 3.05) is 30.5 Å². The summed E-state index contributed by atoms with van der Waals surface area (Å²) in [6, 6.07) is 18.1. The van der Waals surface area contributed by atoms with Gasteiger partial charge in [0.15, 0.2) is 0 Å². The van der Waals surface area contributed by atoms with Gasteiger partial charge >= 0.3 is 0 Å². The second-order valence-corrected chi connectivity index (χ2v) is 11.5. The Hall–Kier alpha value is -1.96. The molecule has 0 aliphatic carbocycles. The minimum Gasteiger partial charge on any atom is -0.302 e. The topological polar surface area (TPSA) is 40.6 Å². The SMILES string of the molecule is O=S1(=O)c2cccc3cccc(c23)N1CC(Br)CN1CCC(c2ccc(F)cc2)CC1. The summed E-state index contributed by atoms with van der Waals surface area (Å²) in [5.41, 5.74) is 1.97. The summed E-state index contributed by atoms with van der Waals surface area (Å²) >= 11 is 3.75. The lowest BCUT2D eigenvalue weighted by atomic mass is 9.89. The monoisotopic (exact) mass is 502 g/mol. The van der Waals surface area contributed by atoms with E-state index in [2.05, 4.69) is 20.8 Å². The summed E-state index contributed by atoms with van der Waals surface area (Å²) in [6.07, 6.45) is 2.05. The maximum atomic E-state index is 13.2. The number of nitrogens with zero attached hydrogens (tertiary/aromatic N) is 2. The van der Waals surface area contributed by atoms with E-state index in [1.54, 1.807) is 16.4 Å². The van der Waals surface area contributed by atoms with Crippen LogP contribution in [0.25, 0.3) is 10.8 Å². The summed E-state index contributed by atoms with van der Waals surface area (Å²) in [6.45, 7) is 3.09. The predicted octanol–water partition coefficient (Wildman–Crippen LogP) is 5.13. The fourth-order valence-corrected chi connectivity index (χ4v) is 7.50. The van der Waals surface area contributed by atoms with E-state index in [1.165, 1.54) is 17.7 Å². The lowest BCUT2D eigenvalue weighted by Crippen LogP contribution is -2.41. The second kappa shape index (κ2) is 8.19. The predicted molar refractivity (Wildman–Crippen MR) is 126 cm³/mol. The Kier molecular flexibility index (Phi) is 5.52. The molecule has 1 fully saturated rings. The van der Waals surface area contributed by atoms with Crippen LogP contribution < -0.4 is 4.31 Å². The number of anilines is 1. The molecule has 1 saturated heterocycles. The maximum absolute atomic E-state index is 13.2. The van der Waals surface area contributed by atoms with Gasteiger partial charge in [0.2, 0.25) is 0 Å².